The van der Waals surface area contributed by atoms with Gasteiger partial charge in [0, 0.05) is 23.2 Å². The first kappa shape index (κ1) is 19.7. The Hall–Kier alpha value is -2.05. The molecule has 2 aromatic rings. The fraction of sp³-hybridized carbons (Fsp3) is 0.381. The number of piperidine rings is 1. The van der Waals surface area contributed by atoms with Crippen LogP contribution in [0.25, 0.3) is 0 Å². The van der Waals surface area contributed by atoms with Gasteiger partial charge in [0.15, 0.2) is 6.10 Å². The molecule has 6 heteroatoms. The first-order chi connectivity index (χ1) is 13.0. The van der Waals surface area contributed by atoms with Crippen LogP contribution in [0.2, 0.25) is 0 Å². The van der Waals surface area contributed by atoms with Crippen LogP contribution < -0.4 is 14.8 Å². The number of carbonyl (C=O) groups excluding carboxylic acids is 1. The molecule has 0 spiro atoms. The van der Waals surface area contributed by atoms with Crippen molar-refractivity contribution in [2.75, 3.05) is 25.5 Å². The number of anilines is 1. The van der Waals surface area contributed by atoms with E-state index in [-0.39, 0.29) is 12.0 Å². The second-order valence-electron chi connectivity index (χ2n) is 6.85. The lowest BCUT2D eigenvalue weighted by atomic mass is 10.1. The molecule has 1 N–H and O–H groups in total. The zero-order valence-corrected chi connectivity index (χ0v) is 17.2. The summed E-state index contributed by atoms with van der Waals surface area (Å²) in [5.41, 5.74) is 0.724. The predicted octanol–water partition coefficient (Wildman–Crippen LogP) is 4.33. The molecule has 2 aromatic carbocycles. The summed E-state index contributed by atoms with van der Waals surface area (Å²) < 4.78 is 12.7. The van der Waals surface area contributed by atoms with Crippen LogP contribution in [0.15, 0.2) is 53.0 Å². The number of halogens is 1. The number of amides is 1. The molecule has 1 heterocycles. The fourth-order valence-electron chi connectivity index (χ4n) is 2.93. The Morgan fingerprint density at radius 2 is 1.67 bits per heavy atom. The van der Waals surface area contributed by atoms with Gasteiger partial charge in [-0.1, -0.05) is 15.9 Å². The number of likely N-dealkylation sites (tertiary alicyclic amines) is 1. The summed E-state index contributed by atoms with van der Waals surface area (Å²) in [6, 6.07) is 14.9. The van der Waals surface area contributed by atoms with E-state index < -0.39 is 6.10 Å². The SMILES string of the molecule is C[C@H](Oc1ccc(Br)cc1)C(=O)Nc1ccc(OC2CCN(C)CC2)cc1. The molecule has 0 saturated carbocycles. The lowest BCUT2D eigenvalue weighted by molar-refractivity contribution is -0.122. The van der Waals surface area contributed by atoms with Crippen LogP contribution in [-0.4, -0.2) is 43.2 Å². The molecule has 0 aliphatic carbocycles. The van der Waals surface area contributed by atoms with Crippen molar-refractivity contribution in [2.45, 2.75) is 32.0 Å². The zero-order chi connectivity index (χ0) is 19.2. The molecule has 0 bridgehead atoms. The highest BCUT2D eigenvalue weighted by atomic mass is 79.9. The fourth-order valence-corrected chi connectivity index (χ4v) is 3.19. The van der Waals surface area contributed by atoms with Crippen LogP contribution in [0.4, 0.5) is 5.69 Å². The van der Waals surface area contributed by atoms with Crippen LogP contribution in [0, 0.1) is 0 Å². The van der Waals surface area contributed by atoms with Crippen molar-refractivity contribution in [3.63, 3.8) is 0 Å². The lowest BCUT2D eigenvalue weighted by Crippen LogP contribution is -2.35. The summed E-state index contributed by atoms with van der Waals surface area (Å²) in [5, 5.41) is 2.87. The van der Waals surface area contributed by atoms with E-state index in [9.17, 15) is 4.79 Å². The zero-order valence-electron chi connectivity index (χ0n) is 15.7. The smallest absolute Gasteiger partial charge is 0.265 e. The standard InChI is InChI=1S/C21H25BrN2O3/c1-15(26-18-7-3-16(22)4-8-18)21(25)23-17-5-9-19(10-6-17)27-20-11-13-24(2)14-12-20/h3-10,15,20H,11-14H2,1-2H3,(H,23,25)/t15-/m0/s1. The Morgan fingerprint density at radius 1 is 1.07 bits per heavy atom. The van der Waals surface area contributed by atoms with Crippen molar-refractivity contribution >= 4 is 27.5 Å². The van der Waals surface area contributed by atoms with E-state index in [1.54, 1.807) is 6.92 Å². The maximum atomic E-state index is 12.3. The number of nitrogens with zero attached hydrogens (tertiary/aromatic N) is 1. The molecule has 27 heavy (non-hydrogen) atoms. The molecule has 0 radical (unpaired) electrons. The molecule has 1 saturated heterocycles. The summed E-state index contributed by atoms with van der Waals surface area (Å²) in [7, 11) is 2.13. The topological polar surface area (TPSA) is 50.8 Å². The lowest BCUT2D eigenvalue weighted by Gasteiger charge is -2.29. The maximum Gasteiger partial charge on any atom is 0.265 e. The van der Waals surface area contributed by atoms with E-state index in [4.69, 9.17) is 9.47 Å². The molecule has 1 amide bonds. The summed E-state index contributed by atoms with van der Waals surface area (Å²) in [4.78, 5) is 14.7. The summed E-state index contributed by atoms with van der Waals surface area (Å²) >= 11 is 3.38. The minimum Gasteiger partial charge on any atom is -0.490 e. The molecule has 3 rings (SSSR count). The van der Waals surface area contributed by atoms with Crippen LogP contribution in [0.5, 0.6) is 11.5 Å². The Kier molecular flexibility index (Phi) is 6.74. The van der Waals surface area contributed by atoms with Crippen molar-refractivity contribution in [3.8, 4) is 11.5 Å². The van der Waals surface area contributed by atoms with E-state index in [1.807, 2.05) is 48.5 Å². The first-order valence-corrected chi connectivity index (χ1v) is 9.97. The number of hydrogen-bond donors (Lipinski definition) is 1. The van der Waals surface area contributed by atoms with Crippen molar-refractivity contribution in [1.29, 1.82) is 0 Å². The molecular formula is C21H25BrN2O3. The molecule has 1 atom stereocenters. The van der Waals surface area contributed by atoms with Gasteiger partial charge in [-0.25, -0.2) is 0 Å². The first-order valence-electron chi connectivity index (χ1n) is 9.18. The van der Waals surface area contributed by atoms with Gasteiger partial charge in [0.1, 0.15) is 17.6 Å². The third-order valence-electron chi connectivity index (χ3n) is 4.59. The highest BCUT2D eigenvalue weighted by Gasteiger charge is 2.18. The minimum absolute atomic E-state index is 0.193. The summed E-state index contributed by atoms with van der Waals surface area (Å²) in [6.07, 6.45) is 1.75. The summed E-state index contributed by atoms with van der Waals surface area (Å²) in [5.74, 6) is 1.30. The molecule has 144 valence electrons. The Morgan fingerprint density at radius 3 is 2.30 bits per heavy atom. The van der Waals surface area contributed by atoms with Crippen molar-refractivity contribution < 1.29 is 14.3 Å². The normalized spacial score (nSPS) is 16.6. The summed E-state index contributed by atoms with van der Waals surface area (Å²) in [6.45, 7) is 3.86. The van der Waals surface area contributed by atoms with Gasteiger partial charge in [-0.15, -0.1) is 0 Å². The molecule has 5 nitrogen and oxygen atoms in total. The van der Waals surface area contributed by atoms with Crippen molar-refractivity contribution in [1.82, 2.24) is 4.90 Å². The number of nitrogens with one attached hydrogen (secondary N) is 1. The number of ether oxygens (including phenoxy) is 2. The second-order valence-corrected chi connectivity index (χ2v) is 7.76. The Balaban J connectivity index is 1.49. The number of rotatable bonds is 6. The molecule has 1 aliphatic heterocycles. The Labute approximate surface area is 168 Å². The molecule has 0 unspecified atom stereocenters. The van der Waals surface area contributed by atoms with E-state index in [0.717, 1.165) is 41.8 Å². The van der Waals surface area contributed by atoms with Gasteiger partial charge < -0.3 is 19.7 Å². The van der Waals surface area contributed by atoms with E-state index in [1.165, 1.54) is 0 Å². The van der Waals surface area contributed by atoms with Crippen LogP contribution in [-0.2, 0) is 4.79 Å². The minimum atomic E-state index is -0.596. The Bertz CT molecular complexity index is 741. The molecule has 1 aliphatic rings. The average Bonchev–Trinajstić information content (AvgIpc) is 2.67. The van der Waals surface area contributed by atoms with Gasteiger partial charge in [0.25, 0.3) is 5.91 Å². The monoisotopic (exact) mass is 432 g/mol. The molecule has 0 aromatic heterocycles. The molecular weight excluding hydrogens is 408 g/mol. The highest BCUT2D eigenvalue weighted by Crippen LogP contribution is 2.21. The molecule has 1 fully saturated rings. The quantitative estimate of drug-likeness (QED) is 0.737. The van der Waals surface area contributed by atoms with Gasteiger partial charge in [0.05, 0.1) is 0 Å². The van der Waals surface area contributed by atoms with Crippen molar-refractivity contribution in [3.05, 3.63) is 53.0 Å². The van der Waals surface area contributed by atoms with Crippen LogP contribution in [0.3, 0.4) is 0 Å². The van der Waals surface area contributed by atoms with Crippen molar-refractivity contribution in [2.24, 2.45) is 0 Å². The third kappa shape index (κ3) is 5.97. The van der Waals surface area contributed by atoms with E-state index in [2.05, 4.69) is 33.2 Å². The van der Waals surface area contributed by atoms with E-state index >= 15 is 0 Å². The van der Waals surface area contributed by atoms with Gasteiger partial charge in [-0.3, -0.25) is 4.79 Å². The number of carbonyl (C=O) groups is 1. The van der Waals surface area contributed by atoms with E-state index in [0.29, 0.717) is 5.75 Å². The second kappa shape index (κ2) is 9.24. The third-order valence-corrected chi connectivity index (χ3v) is 5.11. The number of benzene rings is 2. The largest absolute Gasteiger partial charge is 0.490 e. The highest BCUT2D eigenvalue weighted by molar-refractivity contribution is 9.10. The predicted molar refractivity (Wildman–Crippen MR) is 110 cm³/mol. The van der Waals surface area contributed by atoms with Gasteiger partial charge in [-0.05, 0) is 75.3 Å². The maximum absolute atomic E-state index is 12.3. The van der Waals surface area contributed by atoms with Crippen LogP contribution in [0.1, 0.15) is 19.8 Å². The van der Waals surface area contributed by atoms with Gasteiger partial charge >= 0.3 is 0 Å². The van der Waals surface area contributed by atoms with Crippen LogP contribution >= 0.6 is 15.9 Å². The average molecular weight is 433 g/mol. The van der Waals surface area contributed by atoms with Gasteiger partial charge in [-0.2, -0.15) is 0 Å². The number of hydrogen-bond acceptors (Lipinski definition) is 4. The van der Waals surface area contributed by atoms with Gasteiger partial charge in [0.2, 0.25) is 0 Å².